The number of carbonyl (C=O) groups excluding carboxylic acids is 1. The SMILES string of the molecule is COC(C)=O.ClCCCl. The van der Waals surface area contributed by atoms with E-state index in [4.69, 9.17) is 23.2 Å². The molecule has 0 N–H and O–H groups in total. The summed E-state index contributed by atoms with van der Waals surface area (Å²) in [5, 5.41) is 0. The van der Waals surface area contributed by atoms with Crippen LogP contribution in [0.2, 0.25) is 0 Å². The van der Waals surface area contributed by atoms with Crippen molar-refractivity contribution in [2.24, 2.45) is 0 Å². The predicted octanol–water partition coefficient (Wildman–Crippen LogP) is 1.64. The molecule has 0 saturated carbocycles. The Morgan fingerprint density at radius 3 is 1.67 bits per heavy atom. The number of hydrogen-bond acceptors (Lipinski definition) is 2. The van der Waals surface area contributed by atoms with Gasteiger partial charge in [0.25, 0.3) is 0 Å². The molecule has 0 aromatic rings. The van der Waals surface area contributed by atoms with Gasteiger partial charge < -0.3 is 4.74 Å². The average Bonchev–Trinajstić information content (AvgIpc) is 1.89. The molecule has 4 heteroatoms. The van der Waals surface area contributed by atoms with E-state index in [0.717, 1.165) is 0 Å². The van der Waals surface area contributed by atoms with E-state index in [2.05, 4.69) is 4.74 Å². The summed E-state index contributed by atoms with van der Waals surface area (Å²) in [6.45, 7) is 1.36. The van der Waals surface area contributed by atoms with Gasteiger partial charge in [-0.05, 0) is 0 Å². The molecule has 0 aromatic carbocycles. The second-order valence-corrected chi connectivity index (χ2v) is 1.83. The van der Waals surface area contributed by atoms with Crippen LogP contribution in [0.15, 0.2) is 0 Å². The standard InChI is InChI=1S/C3H6O2.C2H4Cl2/c1-3(4)5-2;3-1-2-4/h1-2H3;1-2H2. The van der Waals surface area contributed by atoms with Crippen LogP contribution in [0.3, 0.4) is 0 Å². The molecular formula is C5H10Cl2O2. The van der Waals surface area contributed by atoms with E-state index in [1.165, 1.54) is 14.0 Å². The molecule has 0 aromatic heterocycles. The highest BCUT2D eigenvalue weighted by Crippen LogP contribution is 1.75. The van der Waals surface area contributed by atoms with Gasteiger partial charge in [-0.2, -0.15) is 0 Å². The van der Waals surface area contributed by atoms with Gasteiger partial charge in [0.15, 0.2) is 0 Å². The van der Waals surface area contributed by atoms with Crippen molar-refractivity contribution >= 4 is 29.2 Å². The van der Waals surface area contributed by atoms with E-state index in [1.807, 2.05) is 0 Å². The first-order valence-corrected chi connectivity index (χ1v) is 3.42. The highest BCUT2D eigenvalue weighted by atomic mass is 35.5. The van der Waals surface area contributed by atoms with Crippen LogP contribution in [0.5, 0.6) is 0 Å². The number of halogens is 2. The van der Waals surface area contributed by atoms with Gasteiger partial charge in [0, 0.05) is 18.7 Å². The fourth-order valence-corrected chi connectivity index (χ4v) is 0. The Morgan fingerprint density at radius 2 is 1.67 bits per heavy atom. The predicted molar refractivity (Wildman–Crippen MR) is 39.1 cm³/mol. The molecule has 0 radical (unpaired) electrons. The molecule has 9 heavy (non-hydrogen) atoms. The van der Waals surface area contributed by atoms with Crippen molar-refractivity contribution in [3.63, 3.8) is 0 Å². The molecule has 0 aliphatic heterocycles. The summed E-state index contributed by atoms with van der Waals surface area (Å²) >= 11 is 10.1. The third-order valence-electron chi connectivity index (χ3n) is 0.359. The van der Waals surface area contributed by atoms with Crippen molar-refractivity contribution in [3.05, 3.63) is 0 Å². The maximum Gasteiger partial charge on any atom is 0.302 e. The average molecular weight is 173 g/mol. The highest BCUT2D eigenvalue weighted by molar-refractivity contribution is 6.25. The van der Waals surface area contributed by atoms with Crippen LogP contribution in [0, 0.1) is 0 Å². The number of hydrogen-bond donors (Lipinski definition) is 0. The fraction of sp³-hybridized carbons (Fsp3) is 0.800. The largest absolute Gasteiger partial charge is 0.469 e. The van der Waals surface area contributed by atoms with E-state index in [1.54, 1.807) is 0 Å². The number of methoxy groups -OCH3 is 1. The van der Waals surface area contributed by atoms with E-state index < -0.39 is 0 Å². The first kappa shape index (κ1) is 11.8. The van der Waals surface area contributed by atoms with Gasteiger partial charge in [0.05, 0.1) is 7.11 Å². The summed E-state index contributed by atoms with van der Waals surface area (Å²) in [5.41, 5.74) is 0. The smallest absolute Gasteiger partial charge is 0.302 e. The van der Waals surface area contributed by atoms with E-state index in [-0.39, 0.29) is 5.97 Å². The second-order valence-electron chi connectivity index (χ2n) is 1.07. The fourth-order valence-electron chi connectivity index (χ4n) is 0. The summed E-state index contributed by atoms with van der Waals surface area (Å²) < 4.78 is 4.11. The summed E-state index contributed by atoms with van der Waals surface area (Å²) in [6, 6.07) is 0. The third-order valence-corrected chi connectivity index (χ3v) is 0.930. The first-order valence-electron chi connectivity index (χ1n) is 2.35. The number of esters is 1. The van der Waals surface area contributed by atoms with Crippen LogP contribution in [0.25, 0.3) is 0 Å². The molecule has 0 fully saturated rings. The van der Waals surface area contributed by atoms with E-state index >= 15 is 0 Å². The van der Waals surface area contributed by atoms with Crippen molar-refractivity contribution in [2.45, 2.75) is 6.92 Å². The molecule has 0 atom stereocenters. The Labute approximate surface area is 65.1 Å². The molecule has 0 unspecified atom stereocenters. The van der Waals surface area contributed by atoms with Gasteiger partial charge in [-0.15, -0.1) is 23.2 Å². The highest BCUT2D eigenvalue weighted by Gasteiger charge is 1.75. The summed E-state index contributed by atoms with van der Waals surface area (Å²) in [6.07, 6.45) is 0. The molecule has 0 amide bonds. The van der Waals surface area contributed by atoms with Crippen molar-refractivity contribution < 1.29 is 9.53 Å². The first-order chi connectivity index (χ1) is 4.18. The molecule has 0 aliphatic rings. The zero-order valence-corrected chi connectivity index (χ0v) is 7.00. The van der Waals surface area contributed by atoms with Gasteiger partial charge >= 0.3 is 5.97 Å². The van der Waals surface area contributed by atoms with Crippen LogP contribution in [-0.4, -0.2) is 24.8 Å². The molecule has 0 heterocycles. The topological polar surface area (TPSA) is 26.3 Å². The summed E-state index contributed by atoms with van der Waals surface area (Å²) in [7, 11) is 1.35. The minimum atomic E-state index is -0.245. The lowest BCUT2D eigenvalue weighted by molar-refractivity contribution is -0.137. The Balaban J connectivity index is 0. The minimum Gasteiger partial charge on any atom is -0.469 e. The zero-order chi connectivity index (χ0) is 7.70. The maximum absolute atomic E-state index is 9.59. The Morgan fingerprint density at radius 1 is 1.44 bits per heavy atom. The maximum atomic E-state index is 9.59. The Kier molecular flexibility index (Phi) is 14.3. The van der Waals surface area contributed by atoms with Crippen LogP contribution in [-0.2, 0) is 9.53 Å². The summed E-state index contributed by atoms with van der Waals surface area (Å²) in [4.78, 5) is 9.59. The third kappa shape index (κ3) is 31.7. The number of carbonyl (C=O) groups is 1. The molecule has 0 bridgehead atoms. The molecule has 56 valence electrons. The number of ether oxygens (including phenoxy) is 1. The van der Waals surface area contributed by atoms with Crippen LogP contribution in [0.1, 0.15) is 6.92 Å². The van der Waals surface area contributed by atoms with Gasteiger partial charge in [-0.1, -0.05) is 0 Å². The monoisotopic (exact) mass is 172 g/mol. The van der Waals surface area contributed by atoms with Crippen molar-refractivity contribution in [2.75, 3.05) is 18.9 Å². The molecule has 0 saturated heterocycles. The van der Waals surface area contributed by atoms with Crippen LogP contribution < -0.4 is 0 Å². The minimum absolute atomic E-state index is 0.245. The Bertz CT molecular complexity index is 64.0. The van der Waals surface area contributed by atoms with Crippen molar-refractivity contribution in [1.29, 1.82) is 0 Å². The number of rotatable bonds is 1. The van der Waals surface area contributed by atoms with Gasteiger partial charge in [-0.3, -0.25) is 4.79 Å². The van der Waals surface area contributed by atoms with Gasteiger partial charge in [-0.25, -0.2) is 0 Å². The quantitative estimate of drug-likeness (QED) is 0.445. The molecule has 0 aliphatic carbocycles. The van der Waals surface area contributed by atoms with Gasteiger partial charge in [0.1, 0.15) is 0 Å². The molecule has 0 rings (SSSR count). The number of alkyl halides is 2. The Hall–Kier alpha value is 0.0500. The lowest BCUT2D eigenvalue weighted by Gasteiger charge is -1.80. The van der Waals surface area contributed by atoms with Crippen LogP contribution in [0.4, 0.5) is 0 Å². The summed E-state index contributed by atoms with van der Waals surface area (Å²) in [5.74, 6) is 0.869. The van der Waals surface area contributed by atoms with Crippen molar-refractivity contribution in [3.8, 4) is 0 Å². The van der Waals surface area contributed by atoms with E-state index in [0.29, 0.717) is 11.8 Å². The molecule has 2 nitrogen and oxygen atoms in total. The lowest BCUT2D eigenvalue weighted by atomic mass is 10.8. The normalized spacial score (nSPS) is 7.11. The second kappa shape index (κ2) is 10.9. The molecular weight excluding hydrogens is 163 g/mol. The van der Waals surface area contributed by atoms with Crippen LogP contribution >= 0.6 is 23.2 Å². The van der Waals surface area contributed by atoms with Crippen molar-refractivity contribution in [1.82, 2.24) is 0 Å². The van der Waals surface area contributed by atoms with E-state index in [9.17, 15) is 4.79 Å². The zero-order valence-electron chi connectivity index (χ0n) is 5.49. The van der Waals surface area contributed by atoms with Gasteiger partial charge in [0.2, 0.25) is 0 Å². The lowest BCUT2D eigenvalue weighted by Crippen LogP contribution is -1.88. The molecule has 0 spiro atoms.